The van der Waals surface area contributed by atoms with E-state index in [9.17, 15) is 9.59 Å². The van der Waals surface area contributed by atoms with Crippen molar-refractivity contribution in [2.24, 2.45) is 0 Å². The van der Waals surface area contributed by atoms with Crippen molar-refractivity contribution in [2.45, 2.75) is 26.8 Å². The number of H-pyrrole nitrogens is 1. The summed E-state index contributed by atoms with van der Waals surface area (Å²) in [4.78, 5) is 40.4. The average Bonchev–Trinajstić information content (AvgIpc) is 2.81. The standard InChI is InChI=1S/C23H28N6O2/c1-4-18-23(31)27-21-15(2)16(5-7-19(21)26-18)14-28-9-11-29(12-10-28)17-6-8-20(25-13-17)22(30)24-3/h5-8,13H,4,9-12,14H2,1-3H3,(H,24,30)(H,27,31). The maximum absolute atomic E-state index is 12.2. The monoisotopic (exact) mass is 420 g/mol. The lowest BCUT2D eigenvalue weighted by Crippen LogP contribution is -2.46. The molecule has 0 radical (unpaired) electrons. The molecule has 1 fully saturated rings. The molecule has 1 aliphatic rings. The van der Waals surface area contributed by atoms with E-state index in [1.54, 1.807) is 19.3 Å². The van der Waals surface area contributed by atoms with Gasteiger partial charge in [0.1, 0.15) is 11.4 Å². The minimum Gasteiger partial charge on any atom is -0.368 e. The zero-order valence-corrected chi connectivity index (χ0v) is 18.2. The smallest absolute Gasteiger partial charge is 0.270 e. The fourth-order valence-electron chi connectivity index (χ4n) is 4.02. The molecule has 0 spiro atoms. The minimum absolute atomic E-state index is 0.0973. The van der Waals surface area contributed by atoms with E-state index in [-0.39, 0.29) is 11.5 Å². The number of fused-ring (bicyclic) bond motifs is 1. The fourth-order valence-corrected chi connectivity index (χ4v) is 4.02. The van der Waals surface area contributed by atoms with Crippen LogP contribution >= 0.6 is 0 Å². The van der Waals surface area contributed by atoms with Gasteiger partial charge in [-0.1, -0.05) is 13.0 Å². The molecular formula is C23H28N6O2. The van der Waals surface area contributed by atoms with Crippen molar-refractivity contribution < 1.29 is 4.79 Å². The van der Waals surface area contributed by atoms with E-state index in [4.69, 9.17) is 0 Å². The van der Waals surface area contributed by atoms with E-state index in [1.807, 2.05) is 19.1 Å². The van der Waals surface area contributed by atoms with Crippen LogP contribution in [0.5, 0.6) is 0 Å². The molecule has 3 heterocycles. The zero-order valence-electron chi connectivity index (χ0n) is 18.2. The molecule has 0 bridgehead atoms. The predicted molar refractivity (Wildman–Crippen MR) is 122 cm³/mol. The van der Waals surface area contributed by atoms with Gasteiger partial charge < -0.3 is 15.2 Å². The number of aryl methyl sites for hydroxylation is 2. The van der Waals surface area contributed by atoms with Crippen LogP contribution in [0, 0.1) is 6.92 Å². The van der Waals surface area contributed by atoms with Crippen LogP contribution in [-0.4, -0.2) is 59.0 Å². The molecule has 4 rings (SSSR count). The number of piperazine rings is 1. The molecular weight excluding hydrogens is 392 g/mol. The third kappa shape index (κ3) is 4.29. The van der Waals surface area contributed by atoms with Crippen LogP contribution in [0.1, 0.15) is 34.2 Å². The molecule has 0 atom stereocenters. The van der Waals surface area contributed by atoms with Crippen molar-refractivity contribution in [1.29, 1.82) is 0 Å². The van der Waals surface area contributed by atoms with Gasteiger partial charge in [0, 0.05) is 39.8 Å². The van der Waals surface area contributed by atoms with Crippen molar-refractivity contribution >= 4 is 22.6 Å². The van der Waals surface area contributed by atoms with Crippen LogP contribution in [0.4, 0.5) is 5.69 Å². The number of aromatic nitrogens is 3. The molecule has 1 aliphatic heterocycles. The fraction of sp³-hybridized carbons (Fsp3) is 0.391. The van der Waals surface area contributed by atoms with Gasteiger partial charge in [-0.25, -0.2) is 9.97 Å². The van der Waals surface area contributed by atoms with Gasteiger partial charge in [0.2, 0.25) is 0 Å². The summed E-state index contributed by atoms with van der Waals surface area (Å²) in [6, 6.07) is 7.84. The molecule has 0 unspecified atom stereocenters. The van der Waals surface area contributed by atoms with Gasteiger partial charge in [0.15, 0.2) is 0 Å². The second kappa shape index (κ2) is 8.85. The van der Waals surface area contributed by atoms with Gasteiger partial charge in [-0.3, -0.25) is 14.5 Å². The minimum atomic E-state index is -0.176. The summed E-state index contributed by atoms with van der Waals surface area (Å²) >= 11 is 0. The Labute approximate surface area is 181 Å². The highest BCUT2D eigenvalue weighted by atomic mass is 16.1. The first-order valence-corrected chi connectivity index (χ1v) is 10.7. The molecule has 8 heteroatoms. The van der Waals surface area contributed by atoms with Crippen molar-refractivity contribution in [3.8, 4) is 0 Å². The first-order chi connectivity index (χ1) is 15.0. The number of amides is 1. The number of anilines is 1. The van der Waals surface area contributed by atoms with E-state index in [1.165, 1.54) is 5.56 Å². The third-order valence-electron chi connectivity index (χ3n) is 5.99. The molecule has 1 saturated heterocycles. The van der Waals surface area contributed by atoms with Crippen LogP contribution in [0.15, 0.2) is 35.3 Å². The lowest BCUT2D eigenvalue weighted by molar-refractivity contribution is 0.0958. The van der Waals surface area contributed by atoms with Crippen LogP contribution in [-0.2, 0) is 13.0 Å². The second-order valence-electron chi connectivity index (χ2n) is 7.85. The Balaban J connectivity index is 1.43. The topological polar surface area (TPSA) is 94.2 Å². The van der Waals surface area contributed by atoms with E-state index >= 15 is 0 Å². The van der Waals surface area contributed by atoms with Crippen LogP contribution in [0.25, 0.3) is 11.0 Å². The summed E-state index contributed by atoms with van der Waals surface area (Å²) in [5.74, 6) is -0.176. The van der Waals surface area contributed by atoms with Gasteiger partial charge in [-0.05, 0) is 42.7 Å². The Kier molecular flexibility index (Phi) is 5.99. The highest BCUT2D eigenvalue weighted by molar-refractivity contribution is 5.92. The number of carbonyl (C=O) groups is 1. The lowest BCUT2D eigenvalue weighted by Gasteiger charge is -2.36. The number of rotatable bonds is 5. The summed E-state index contributed by atoms with van der Waals surface area (Å²) in [5, 5.41) is 2.59. The number of carbonyl (C=O) groups excluding carboxylic acids is 1. The predicted octanol–water partition coefficient (Wildman–Crippen LogP) is 1.87. The Hall–Kier alpha value is -3.26. The number of benzene rings is 1. The zero-order chi connectivity index (χ0) is 22.0. The second-order valence-corrected chi connectivity index (χ2v) is 7.85. The van der Waals surface area contributed by atoms with Gasteiger partial charge >= 0.3 is 0 Å². The maximum atomic E-state index is 12.2. The van der Waals surface area contributed by atoms with Crippen molar-refractivity contribution in [2.75, 3.05) is 38.1 Å². The van der Waals surface area contributed by atoms with Gasteiger partial charge in [0.25, 0.3) is 11.5 Å². The quantitative estimate of drug-likeness (QED) is 0.655. The molecule has 8 nitrogen and oxygen atoms in total. The summed E-state index contributed by atoms with van der Waals surface area (Å²) in [7, 11) is 1.60. The number of nitrogens with one attached hydrogen (secondary N) is 2. The molecule has 162 valence electrons. The van der Waals surface area contributed by atoms with Crippen LogP contribution in [0.3, 0.4) is 0 Å². The molecule has 0 aliphatic carbocycles. The number of nitrogens with zero attached hydrogens (tertiary/aromatic N) is 4. The SMILES string of the molecule is CCc1nc2ccc(CN3CCN(c4ccc(C(=O)NC)nc4)CC3)c(C)c2[nH]c1=O. The summed E-state index contributed by atoms with van der Waals surface area (Å²) in [6.45, 7) is 8.47. The summed E-state index contributed by atoms with van der Waals surface area (Å²) < 4.78 is 0. The Morgan fingerprint density at radius 3 is 2.58 bits per heavy atom. The average molecular weight is 421 g/mol. The van der Waals surface area contributed by atoms with Gasteiger partial charge in [-0.15, -0.1) is 0 Å². The molecule has 1 amide bonds. The van der Waals surface area contributed by atoms with Crippen molar-refractivity contribution in [3.63, 3.8) is 0 Å². The van der Waals surface area contributed by atoms with Crippen molar-refractivity contribution in [3.05, 3.63) is 63.3 Å². The van der Waals surface area contributed by atoms with Crippen LogP contribution < -0.4 is 15.8 Å². The van der Waals surface area contributed by atoms with Gasteiger partial charge in [-0.2, -0.15) is 0 Å². The highest BCUT2D eigenvalue weighted by Crippen LogP contribution is 2.21. The molecule has 2 N–H and O–H groups in total. The Morgan fingerprint density at radius 2 is 1.94 bits per heavy atom. The van der Waals surface area contributed by atoms with E-state index in [2.05, 4.69) is 43.1 Å². The van der Waals surface area contributed by atoms with E-state index < -0.39 is 0 Å². The first-order valence-electron chi connectivity index (χ1n) is 10.7. The third-order valence-corrected chi connectivity index (χ3v) is 5.99. The lowest BCUT2D eigenvalue weighted by atomic mass is 10.1. The number of pyridine rings is 1. The highest BCUT2D eigenvalue weighted by Gasteiger charge is 2.19. The largest absolute Gasteiger partial charge is 0.368 e. The Bertz CT molecular complexity index is 1150. The van der Waals surface area contributed by atoms with E-state index in [0.717, 1.165) is 55.0 Å². The molecule has 3 aromatic rings. The summed E-state index contributed by atoms with van der Waals surface area (Å²) in [5.41, 5.74) is 5.91. The van der Waals surface area contributed by atoms with Crippen molar-refractivity contribution in [1.82, 2.24) is 25.2 Å². The first kappa shape index (κ1) is 21.0. The number of hydrogen-bond acceptors (Lipinski definition) is 6. The molecule has 1 aromatic carbocycles. The Morgan fingerprint density at radius 1 is 1.16 bits per heavy atom. The van der Waals surface area contributed by atoms with Gasteiger partial charge in [0.05, 0.1) is 22.9 Å². The van der Waals surface area contributed by atoms with E-state index in [0.29, 0.717) is 17.8 Å². The summed E-state index contributed by atoms with van der Waals surface area (Å²) in [6.07, 6.45) is 2.39. The molecule has 0 saturated carbocycles. The normalized spacial score (nSPS) is 14.7. The molecule has 2 aromatic heterocycles. The molecule has 31 heavy (non-hydrogen) atoms. The number of hydrogen-bond donors (Lipinski definition) is 2. The van der Waals surface area contributed by atoms with Crippen LogP contribution in [0.2, 0.25) is 0 Å². The number of aromatic amines is 1. The maximum Gasteiger partial charge on any atom is 0.270 e.